The molecule has 1 aromatic heterocycles. The van der Waals surface area contributed by atoms with Crippen LogP contribution in [0.4, 0.5) is 5.69 Å². The first kappa shape index (κ1) is 17.6. The van der Waals surface area contributed by atoms with E-state index in [9.17, 15) is 14.9 Å². The fourth-order valence-electron chi connectivity index (χ4n) is 2.98. The summed E-state index contributed by atoms with van der Waals surface area (Å²) in [6.45, 7) is 0.670. The maximum Gasteiger partial charge on any atom is 0.270 e. The highest BCUT2D eigenvalue weighted by Crippen LogP contribution is 2.33. The molecule has 1 amide bonds. The van der Waals surface area contributed by atoms with Gasteiger partial charge in [0.15, 0.2) is 11.5 Å². The molecule has 0 bridgehead atoms. The number of rotatable bonds is 6. The van der Waals surface area contributed by atoms with Gasteiger partial charge in [-0.3, -0.25) is 14.9 Å². The van der Waals surface area contributed by atoms with Gasteiger partial charge in [-0.1, -0.05) is 12.1 Å². The number of amides is 1. The van der Waals surface area contributed by atoms with Crippen molar-refractivity contribution in [3.8, 4) is 11.5 Å². The molecule has 1 aliphatic rings. The molecule has 0 radical (unpaired) electrons. The summed E-state index contributed by atoms with van der Waals surface area (Å²) in [5.74, 6) is 1.56. The van der Waals surface area contributed by atoms with Crippen LogP contribution in [0.5, 0.6) is 11.5 Å². The van der Waals surface area contributed by atoms with Gasteiger partial charge in [0, 0.05) is 24.2 Å². The number of furan rings is 1. The van der Waals surface area contributed by atoms with E-state index in [2.05, 4.69) is 0 Å². The van der Waals surface area contributed by atoms with Crippen LogP contribution < -0.4 is 9.47 Å². The van der Waals surface area contributed by atoms with E-state index in [1.807, 2.05) is 12.1 Å². The molecule has 0 unspecified atom stereocenters. The zero-order valence-electron chi connectivity index (χ0n) is 14.7. The number of hydrogen-bond donors (Lipinski definition) is 0. The summed E-state index contributed by atoms with van der Waals surface area (Å²) in [6.07, 6.45) is 1.53. The van der Waals surface area contributed by atoms with Crippen LogP contribution in [0.1, 0.15) is 21.7 Å². The molecule has 0 aliphatic carbocycles. The Hall–Kier alpha value is -3.81. The van der Waals surface area contributed by atoms with Crippen molar-refractivity contribution in [1.29, 1.82) is 0 Å². The Balaban J connectivity index is 1.62. The van der Waals surface area contributed by atoms with Crippen LogP contribution in [0.15, 0.2) is 65.3 Å². The third-order valence-corrected chi connectivity index (χ3v) is 4.33. The summed E-state index contributed by atoms with van der Waals surface area (Å²) in [5, 5.41) is 11.0. The number of fused-ring (bicyclic) bond motifs is 1. The SMILES string of the molecule is O=C(c1cccc([N+](=O)[O-])c1)N(Cc1ccc2c(c1)OCO2)Cc1ccco1. The van der Waals surface area contributed by atoms with Crippen molar-refractivity contribution in [1.82, 2.24) is 4.90 Å². The van der Waals surface area contributed by atoms with E-state index >= 15 is 0 Å². The van der Waals surface area contributed by atoms with E-state index in [1.54, 1.807) is 29.2 Å². The average molecular weight is 380 g/mol. The van der Waals surface area contributed by atoms with Crippen LogP contribution in [0, 0.1) is 10.1 Å². The number of carbonyl (C=O) groups is 1. The summed E-state index contributed by atoms with van der Waals surface area (Å²) in [7, 11) is 0. The molecule has 2 heterocycles. The van der Waals surface area contributed by atoms with Crippen LogP contribution in [0.3, 0.4) is 0 Å². The minimum Gasteiger partial charge on any atom is -0.467 e. The van der Waals surface area contributed by atoms with Crippen molar-refractivity contribution in [2.45, 2.75) is 13.1 Å². The Kier molecular flexibility index (Phi) is 4.67. The van der Waals surface area contributed by atoms with E-state index in [4.69, 9.17) is 13.9 Å². The number of hydrogen-bond acceptors (Lipinski definition) is 6. The van der Waals surface area contributed by atoms with E-state index in [0.29, 0.717) is 17.3 Å². The second-order valence-corrected chi connectivity index (χ2v) is 6.24. The van der Waals surface area contributed by atoms with Gasteiger partial charge < -0.3 is 18.8 Å². The molecule has 142 valence electrons. The van der Waals surface area contributed by atoms with Gasteiger partial charge in [0.05, 0.1) is 17.7 Å². The first-order valence-corrected chi connectivity index (χ1v) is 8.55. The topological polar surface area (TPSA) is 95.0 Å². The molecule has 4 rings (SSSR count). The van der Waals surface area contributed by atoms with Crippen LogP contribution in [0.2, 0.25) is 0 Å². The highest BCUT2D eigenvalue weighted by Gasteiger charge is 2.21. The van der Waals surface area contributed by atoms with Crippen molar-refractivity contribution in [3.63, 3.8) is 0 Å². The maximum absolute atomic E-state index is 13.1. The summed E-state index contributed by atoms with van der Waals surface area (Å²) in [6, 6.07) is 14.7. The Bertz CT molecular complexity index is 1020. The zero-order valence-corrected chi connectivity index (χ0v) is 14.7. The number of ether oxygens (including phenoxy) is 2. The Morgan fingerprint density at radius 3 is 2.68 bits per heavy atom. The minimum atomic E-state index is -0.522. The zero-order chi connectivity index (χ0) is 19.5. The quantitative estimate of drug-likeness (QED) is 0.477. The fraction of sp³-hybridized carbons (Fsp3) is 0.150. The molecular formula is C20H16N2O6. The van der Waals surface area contributed by atoms with Gasteiger partial charge in [-0.2, -0.15) is 0 Å². The van der Waals surface area contributed by atoms with E-state index in [1.165, 1.54) is 24.5 Å². The lowest BCUT2D eigenvalue weighted by Gasteiger charge is -2.22. The molecule has 2 aromatic carbocycles. The Morgan fingerprint density at radius 2 is 1.89 bits per heavy atom. The summed E-state index contributed by atoms with van der Waals surface area (Å²) < 4.78 is 16.1. The predicted molar refractivity (Wildman–Crippen MR) is 97.9 cm³/mol. The molecular weight excluding hydrogens is 364 g/mol. The van der Waals surface area contributed by atoms with Crippen molar-refractivity contribution in [2.75, 3.05) is 6.79 Å². The largest absolute Gasteiger partial charge is 0.467 e. The van der Waals surface area contributed by atoms with Gasteiger partial charge in [-0.25, -0.2) is 0 Å². The molecule has 0 atom stereocenters. The summed E-state index contributed by atoms with van der Waals surface area (Å²) in [4.78, 5) is 25.2. The van der Waals surface area contributed by atoms with Crippen LogP contribution in [0.25, 0.3) is 0 Å². The molecule has 8 heteroatoms. The molecule has 0 N–H and O–H groups in total. The number of benzene rings is 2. The van der Waals surface area contributed by atoms with Crippen molar-refractivity contribution in [3.05, 3.63) is 87.9 Å². The third-order valence-electron chi connectivity index (χ3n) is 4.33. The lowest BCUT2D eigenvalue weighted by molar-refractivity contribution is -0.384. The number of non-ortho nitro benzene ring substituents is 1. The third kappa shape index (κ3) is 3.66. The minimum absolute atomic E-state index is 0.133. The molecule has 0 fully saturated rings. The maximum atomic E-state index is 13.1. The first-order chi connectivity index (χ1) is 13.6. The molecule has 1 aliphatic heterocycles. The van der Waals surface area contributed by atoms with E-state index in [-0.39, 0.29) is 37.0 Å². The Labute approximate surface area is 160 Å². The summed E-state index contributed by atoms with van der Waals surface area (Å²) in [5.41, 5.74) is 0.947. The van der Waals surface area contributed by atoms with E-state index < -0.39 is 4.92 Å². The standard InChI is InChI=1S/C20H16N2O6/c23-20(15-3-1-4-16(10-15)22(24)25)21(12-17-5-2-8-26-17)11-14-6-7-18-19(9-14)28-13-27-18/h1-10H,11-13H2. The van der Waals surface area contributed by atoms with Crippen LogP contribution in [-0.2, 0) is 13.1 Å². The van der Waals surface area contributed by atoms with Gasteiger partial charge in [0.1, 0.15) is 5.76 Å². The number of nitrogens with zero attached hydrogens (tertiary/aromatic N) is 2. The lowest BCUT2D eigenvalue weighted by atomic mass is 10.1. The summed E-state index contributed by atoms with van der Waals surface area (Å²) >= 11 is 0. The second kappa shape index (κ2) is 7.43. The van der Waals surface area contributed by atoms with Gasteiger partial charge in [0.2, 0.25) is 6.79 Å². The Morgan fingerprint density at radius 1 is 1.04 bits per heavy atom. The monoisotopic (exact) mass is 380 g/mol. The first-order valence-electron chi connectivity index (χ1n) is 8.55. The normalized spacial score (nSPS) is 12.0. The molecule has 3 aromatic rings. The fourth-order valence-corrected chi connectivity index (χ4v) is 2.98. The lowest BCUT2D eigenvalue weighted by Crippen LogP contribution is -2.30. The number of nitro benzene ring substituents is 1. The molecule has 0 spiro atoms. The highest BCUT2D eigenvalue weighted by molar-refractivity contribution is 5.94. The van der Waals surface area contributed by atoms with Gasteiger partial charge in [0.25, 0.3) is 11.6 Å². The van der Waals surface area contributed by atoms with Crippen molar-refractivity contribution < 1.29 is 23.6 Å². The van der Waals surface area contributed by atoms with E-state index in [0.717, 1.165) is 5.56 Å². The molecule has 0 saturated heterocycles. The van der Waals surface area contributed by atoms with Crippen LogP contribution >= 0.6 is 0 Å². The number of carbonyl (C=O) groups excluding carboxylic acids is 1. The molecule has 0 saturated carbocycles. The average Bonchev–Trinajstić information content (AvgIpc) is 3.38. The van der Waals surface area contributed by atoms with Gasteiger partial charge in [-0.05, 0) is 35.9 Å². The smallest absolute Gasteiger partial charge is 0.270 e. The van der Waals surface area contributed by atoms with Crippen molar-refractivity contribution in [2.24, 2.45) is 0 Å². The van der Waals surface area contributed by atoms with Crippen LogP contribution in [-0.4, -0.2) is 22.5 Å². The second-order valence-electron chi connectivity index (χ2n) is 6.24. The highest BCUT2D eigenvalue weighted by atomic mass is 16.7. The molecule has 8 nitrogen and oxygen atoms in total. The van der Waals surface area contributed by atoms with Gasteiger partial charge >= 0.3 is 0 Å². The van der Waals surface area contributed by atoms with Gasteiger partial charge in [-0.15, -0.1) is 0 Å². The number of nitro groups is 1. The molecule has 28 heavy (non-hydrogen) atoms. The predicted octanol–water partition coefficient (Wildman–Crippen LogP) is 3.76. The van der Waals surface area contributed by atoms with Crippen molar-refractivity contribution >= 4 is 11.6 Å².